The number of halogens is 3. The molecule has 0 aliphatic carbocycles. The fraction of sp³-hybridized carbons (Fsp3) is 0.0909. The van der Waals surface area contributed by atoms with Crippen LogP contribution in [0.25, 0.3) is 10.9 Å². The minimum atomic E-state index is -1.64. The summed E-state index contributed by atoms with van der Waals surface area (Å²) in [6.45, 7) is 0. The van der Waals surface area contributed by atoms with Gasteiger partial charge in [0.1, 0.15) is 11.1 Å². The monoisotopic (exact) mass is 256 g/mol. The number of anilines is 1. The van der Waals surface area contributed by atoms with Crippen molar-refractivity contribution in [3.8, 4) is 0 Å². The molecule has 0 atom stereocenters. The first-order valence-corrected chi connectivity index (χ1v) is 4.77. The molecule has 1 heterocycles. The van der Waals surface area contributed by atoms with Crippen molar-refractivity contribution in [1.82, 2.24) is 4.98 Å². The number of benzene rings is 1. The number of rotatable bonds is 1. The molecular formula is C11H7F3N2O2. The molecule has 2 aromatic rings. The molecule has 1 aromatic heterocycles. The van der Waals surface area contributed by atoms with Gasteiger partial charge in [-0.25, -0.2) is 18.0 Å². The molecule has 4 nitrogen and oxygen atoms in total. The fourth-order valence-electron chi connectivity index (χ4n) is 1.53. The minimum absolute atomic E-state index is 0.143. The smallest absolute Gasteiger partial charge is 0.341 e. The lowest BCUT2D eigenvalue weighted by molar-refractivity contribution is 0.0601. The van der Waals surface area contributed by atoms with E-state index in [4.69, 9.17) is 5.73 Å². The molecule has 0 amide bonds. The maximum Gasteiger partial charge on any atom is 0.341 e. The third kappa shape index (κ3) is 1.64. The summed E-state index contributed by atoms with van der Waals surface area (Å²) in [5.74, 6) is -5.30. The second-order valence-corrected chi connectivity index (χ2v) is 3.46. The highest BCUT2D eigenvalue weighted by Crippen LogP contribution is 2.28. The van der Waals surface area contributed by atoms with Crippen molar-refractivity contribution in [1.29, 1.82) is 0 Å². The molecule has 18 heavy (non-hydrogen) atoms. The molecular weight excluding hydrogens is 249 g/mol. The van der Waals surface area contributed by atoms with Gasteiger partial charge in [0.25, 0.3) is 0 Å². The van der Waals surface area contributed by atoms with Crippen molar-refractivity contribution >= 4 is 22.6 Å². The lowest BCUT2D eigenvalue weighted by atomic mass is 10.1. The Morgan fingerprint density at radius 1 is 1.33 bits per heavy atom. The van der Waals surface area contributed by atoms with Crippen LogP contribution in [-0.2, 0) is 4.74 Å². The van der Waals surface area contributed by atoms with E-state index in [1.54, 1.807) is 0 Å². The number of hydrogen-bond acceptors (Lipinski definition) is 4. The molecule has 1 aromatic carbocycles. The van der Waals surface area contributed by atoms with Gasteiger partial charge < -0.3 is 10.5 Å². The van der Waals surface area contributed by atoms with E-state index in [0.29, 0.717) is 6.07 Å². The Balaban J connectivity index is 2.84. The summed E-state index contributed by atoms with van der Waals surface area (Å²) in [6, 6.07) is 0.683. The Morgan fingerprint density at radius 2 is 2.00 bits per heavy atom. The van der Waals surface area contributed by atoms with Crippen molar-refractivity contribution in [2.24, 2.45) is 0 Å². The molecule has 0 fully saturated rings. The lowest BCUT2D eigenvalue weighted by Gasteiger charge is -2.08. The average molecular weight is 256 g/mol. The Hall–Kier alpha value is -2.31. The Labute approximate surface area is 99.2 Å². The SMILES string of the molecule is COC(=O)c1cnc2c(F)c(F)c(F)cc2c1N. The van der Waals surface area contributed by atoms with Crippen LogP contribution in [0.15, 0.2) is 12.3 Å². The number of nitrogens with zero attached hydrogens (tertiary/aromatic N) is 1. The van der Waals surface area contributed by atoms with Gasteiger partial charge in [-0.05, 0) is 6.07 Å². The van der Waals surface area contributed by atoms with Crippen LogP contribution in [-0.4, -0.2) is 18.1 Å². The number of esters is 1. The van der Waals surface area contributed by atoms with Crippen molar-refractivity contribution in [2.45, 2.75) is 0 Å². The predicted molar refractivity (Wildman–Crippen MR) is 57.4 cm³/mol. The van der Waals surface area contributed by atoms with Crippen LogP contribution in [0.3, 0.4) is 0 Å². The fourth-order valence-corrected chi connectivity index (χ4v) is 1.53. The van der Waals surface area contributed by atoms with E-state index in [2.05, 4.69) is 9.72 Å². The van der Waals surface area contributed by atoms with Crippen LogP contribution in [0.4, 0.5) is 18.9 Å². The number of fused-ring (bicyclic) bond motifs is 1. The molecule has 94 valence electrons. The van der Waals surface area contributed by atoms with Crippen LogP contribution in [0.2, 0.25) is 0 Å². The highest BCUT2D eigenvalue weighted by atomic mass is 19.2. The van der Waals surface area contributed by atoms with Crippen molar-refractivity contribution < 1.29 is 22.7 Å². The topological polar surface area (TPSA) is 65.2 Å². The molecule has 0 spiro atoms. The summed E-state index contributed by atoms with van der Waals surface area (Å²) < 4.78 is 43.9. The van der Waals surface area contributed by atoms with Crippen LogP contribution in [0, 0.1) is 17.5 Å². The minimum Gasteiger partial charge on any atom is -0.465 e. The molecule has 7 heteroatoms. The predicted octanol–water partition coefficient (Wildman–Crippen LogP) is 2.02. The number of methoxy groups -OCH3 is 1. The molecule has 0 aliphatic heterocycles. The largest absolute Gasteiger partial charge is 0.465 e. The number of carbonyl (C=O) groups is 1. The zero-order valence-electron chi connectivity index (χ0n) is 9.13. The van der Waals surface area contributed by atoms with Crippen LogP contribution in [0.5, 0.6) is 0 Å². The van der Waals surface area contributed by atoms with Gasteiger partial charge in [-0.1, -0.05) is 0 Å². The average Bonchev–Trinajstić information content (AvgIpc) is 2.36. The summed E-state index contributed by atoms with van der Waals surface area (Å²) in [7, 11) is 1.12. The van der Waals surface area contributed by atoms with Gasteiger partial charge in [0.05, 0.1) is 12.8 Å². The molecule has 0 radical (unpaired) electrons. The molecule has 2 rings (SSSR count). The van der Waals surface area contributed by atoms with Crippen molar-refractivity contribution in [3.05, 3.63) is 35.3 Å². The van der Waals surface area contributed by atoms with Gasteiger partial charge >= 0.3 is 5.97 Å². The maximum atomic E-state index is 13.4. The normalized spacial score (nSPS) is 10.7. The van der Waals surface area contributed by atoms with Gasteiger partial charge in [0.15, 0.2) is 17.5 Å². The van der Waals surface area contributed by atoms with Gasteiger partial charge in [-0.15, -0.1) is 0 Å². The number of pyridine rings is 1. The van der Waals surface area contributed by atoms with E-state index in [1.165, 1.54) is 0 Å². The molecule has 0 saturated heterocycles. The summed E-state index contributed by atoms with van der Waals surface area (Å²) in [5, 5.41) is -0.186. The number of nitrogens with two attached hydrogens (primary N) is 1. The summed E-state index contributed by atoms with van der Waals surface area (Å²) >= 11 is 0. The molecule has 2 N–H and O–H groups in total. The van der Waals surface area contributed by atoms with Crippen LogP contribution in [0.1, 0.15) is 10.4 Å². The maximum absolute atomic E-state index is 13.4. The second-order valence-electron chi connectivity index (χ2n) is 3.46. The molecule has 0 unspecified atom stereocenters. The number of ether oxygens (including phenoxy) is 1. The number of hydrogen-bond donors (Lipinski definition) is 1. The first kappa shape index (κ1) is 12.2. The highest BCUT2D eigenvalue weighted by Gasteiger charge is 2.20. The quantitative estimate of drug-likeness (QED) is 0.626. The number of aromatic nitrogens is 1. The first-order valence-electron chi connectivity index (χ1n) is 4.77. The van der Waals surface area contributed by atoms with Gasteiger partial charge in [-0.3, -0.25) is 4.98 Å². The summed E-state index contributed by atoms with van der Waals surface area (Å²) in [4.78, 5) is 14.9. The van der Waals surface area contributed by atoms with E-state index in [9.17, 15) is 18.0 Å². The zero-order chi connectivity index (χ0) is 13.4. The van der Waals surface area contributed by atoms with E-state index >= 15 is 0 Å². The second kappa shape index (κ2) is 4.17. The molecule has 0 bridgehead atoms. The molecule has 0 saturated carbocycles. The van der Waals surface area contributed by atoms with Crippen LogP contribution >= 0.6 is 0 Å². The Morgan fingerprint density at radius 3 is 2.61 bits per heavy atom. The Bertz CT molecular complexity index is 659. The highest BCUT2D eigenvalue weighted by molar-refractivity contribution is 6.04. The first-order chi connectivity index (χ1) is 8.47. The third-order valence-electron chi connectivity index (χ3n) is 2.44. The van der Waals surface area contributed by atoms with E-state index in [-0.39, 0.29) is 16.6 Å². The van der Waals surface area contributed by atoms with Gasteiger partial charge in [0, 0.05) is 11.6 Å². The Kier molecular flexibility index (Phi) is 2.82. The van der Waals surface area contributed by atoms with Crippen LogP contribution < -0.4 is 5.73 Å². The van der Waals surface area contributed by atoms with Crippen molar-refractivity contribution in [3.63, 3.8) is 0 Å². The van der Waals surface area contributed by atoms with Gasteiger partial charge in [-0.2, -0.15) is 0 Å². The summed E-state index contributed by atoms with van der Waals surface area (Å²) in [6.07, 6.45) is 0.948. The van der Waals surface area contributed by atoms with E-state index < -0.39 is 28.9 Å². The lowest BCUT2D eigenvalue weighted by Crippen LogP contribution is -2.08. The number of nitrogen functional groups attached to an aromatic ring is 1. The zero-order valence-corrected chi connectivity index (χ0v) is 9.13. The van der Waals surface area contributed by atoms with Gasteiger partial charge in [0.2, 0.25) is 0 Å². The van der Waals surface area contributed by atoms with E-state index in [1.807, 2.05) is 0 Å². The molecule has 0 aliphatic rings. The third-order valence-corrected chi connectivity index (χ3v) is 2.44. The van der Waals surface area contributed by atoms with E-state index in [0.717, 1.165) is 13.3 Å². The number of carbonyl (C=O) groups excluding carboxylic acids is 1. The van der Waals surface area contributed by atoms with Crippen molar-refractivity contribution in [2.75, 3.05) is 12.8 Å². The summed E-state index contributed by atoms with van der Waals surface area (Å²) in [5.41, 5.74) is 4.78. The standard InChI is InChI=1S/C11H7F3N2O2/c1-18-11(17)5-3-16-10-4(9(5)15)2-6(12)7(13)8(10)14/h2-3H,1H3,(H2,15,16).